The van der Waals surface area contributed by atoms with E-state index in [1.807, 2.05) is 0 Å². The summed E-state index contributed by atoms with van der Waals surface area (Å²) in [6.07, 6.45) is 5.54. The maximum absolute atomic E-state index is 5.43. The largest absolute Gasteiger partial charge is 0.491 e. The molecule has 1 heterocycles. The van der Waals surface area contributed by atoms with Crippen LogP contribution >= 0.6 is 9.24 Å². The van der Waals surface area contributed by atoms with Crippen LogP contribution in [0.15, 0.2) is 11.8 Å². The second kappa shape index (κ2) is 3.22. The van der Waals surface area contributed by atoms with Crippen molar-refractivity contribution in [1.29, 1.82) is 0 Å². The minimum Gasteiger partial charge on any atom is -0.491 e. The molecule has 2 heteroatoms. The van der Waals surface area contributed by atoms with Gasteiger partial charge in [-0.2, -0.15) is 0 Å². The molecule has 0 aromatic heterocycles. The normalized spacial score (nSPS) is 25.6. The fourth-order valence-corrected chi connectivity index (χ4v) is 1.26. The van der Waals surface area contributed by atoms with Crippen molar-refractivity contribution < 1.29 is 4.74 Å². The van der Waals surface area contributed by atoms with Crippen LogP contribution in [0.25, 0.3) is 0 Å². The van der Waals surface area contributed by atoms with Gasteiger partial charge in [0.15, 0.2) is 0 Å². The van der Waals surface area contributed by atoms with Crippen molar-refractivity contribution in [3.63, 3.8) is 0 Å². The van der Waals surface area contributed by atoms with E-state index in [2.05, 4.69) is 22.2 Å². The van der Waals surface area contributed by atoms with Gasteiger partial charge in [0.1, 0.15) is 5.85 Å². The van der Waals surface area contributed by atoms with E-state index >= 15 is 0 Å². The Hall–Kier alpha value is -0.0300. The molecule has 2 unspecified atom stereocenters. The fraction of sp³-hybridized carbons (Fsp3) is 0.714. The smallest absolute Gasteiger partial charge is 0.114 e. The van der Waals surface area contributed by atoms with E-state index in [1.54, 1.807) is 0 Å². The third-order valence-electron chi connectivity index (χ3n) is 1.38. The summed E-state index contributed by atoms with van der Waals surface area (Å²) in [7, 11) is 2.67. The first kappa shape index (κ1) is 7.08. The second-order valence-corrected chi connectivity index (χ2v) is 3.06. The van der Waals surface area contributed by atoms with E-state index in [9.17, 15) is 0 Å². The Labute approximate surface area is 58.7 Å². The van der Waals surface area contributed by atoms with Crippen molar-refractivity contribution in [2.24, 2.45) is 0 Å². The maximum atomic E-state index is 5.43. The Morgan fingerprint density at radius 1 is 1.89 bits per heavy atom. The molecule has 0 N–H and O–H groups in total. The van der Waals surface area contributed by atoms with Gasteiger partial charge in [-0.05, 0) is 12.5 Å². The van der Waals surface area contributed by atoms with Gasteiger partial charge >= 0.3 is 0 Å². The van der Waals surface area contributed by atoms with Crippen LogP contribution in [-0.2, 0) is 4.74 Å². The Morgan fingerprint density at radius 2 is 2.67 bits per heavy atom. The summed E-state index contributed by atoms with van der Waals surface area (Å²) < 4.78 is 5.43. The molecule has 9 heavy (non-hydrogen) atoms. The number of allylic oxidation sites excluding steroid dienone is 1. The molecule has 0 fully saturated rings. The monoisotopic (exact) mass is 144 g/mol. The van der Waals surface area contributed by atoms with Crippen molar-refractivity contribution in [2.75, 3.05) is 0 Å². The van der Waals surface area contributed by atoms with E-state index in [4.69, 9.17) is 4.74 Å². The molecule has 0 radical (unpaired) electrons. The zero-order chi connectivity index (χ0) is 6.69. The minimum atomic E-state index is 0.353. The summed E-state index contributed by atoms with van der Waals surface area (Å²) in [5.74, 6) is 1.53. The average molecular weight is 144 g/mol. The molecule has 1 aliphatic heterocycles. The Bertz CT molecular complexity index is 120. The molecule has 0 aliphatic carbocycles. The van der Waals surface area contributed by atoms with E-state index in [0.717, 1.165) is 12.8 Å². The van der Waals surface area contributed by atoms with Gasteiger partial charge in [0.2, 0.25) is 0 Å². The van der Waals surface area contributed by atoms with Gasteiger partial charge < -0.3 is 4.74 Å². The van der Waals surface area contributed by atoms with Gasteiger partial charge in [-0.15, -0.1) is 0 Å². The fourth-order valence-electron chi connectivity index (χ4n) is 0.946. The highest BCUT2D eigenvalue weighted by Crippen LogP contribution is 2.24. The Balaban J connectivity index is 2.27. The van der Waals surface area contributed by atoms with E-state index in [0.29, 0.717) is 5.85 Å². The van der Waals surface area contributed by atoms with Gasteiger partial charge in [-0.1, -0.05) is 16.2 Å². The van der Waals surface area contributed by atoms with Crippen LogP contribution in [0.1, 0.15) is 26.2 Å². The number of hydrogen-bond acceptors (Lipinski definition) is 1. The topological polar surface area (TPSA) is 9.23 Å². The zero-order valence-electron chi connectivity index (χ0n) is 5.76. The van der Waals surface area contributed by atoms with Gasteiger partial charge in [0, 0.05) is 12.8 Å². The highest BCUT2D eigenvalue weighted by atomic mass is 31.0. The summed E-state index contributed by atoms with van der Waals surface area (Å²) in [4.78, 5) is 0. The minimum absolute atomic E-state index is 0.353. The second-order valence-electron chi connectivity index (χ2n) is 2.31. The quantitative estimate of drug-likeness (QED) is 0.540. The molecule has 2 atom stereocenters. The van der Waals surface area contributed by atoms with Gasteiger partial charge in [-0.25, -0.2) is 0 Å². The molecule has 52 valence electrons. The van der Waals surface area contributed by atoms with Crippen molar-refractivity contribution in [1.82, 2.24) is 0 Å². The first-order valence-corrected chi connectivity index (χ1v) is 4.11. The molecule has 1 nitrogen and oxygen atoms in total. The zero-order valence-corrected chi connectivity index (χ0v) is 6.92. The van der Waals surface area contributed by atoms with Crippen LogP contribution in [0.2, 0.25) is 0 Å². The lowest BCUT2D eigenvalue weighted by Gasteiger charge is -2.05. The Morgan fingerprint density at radius 3 is 3.11 bits per heavy atom. The standard InChI is InChI=1S/C7H13OP/c1-2-3-6-4-5-7(9)8-6/h4,7H,2-3,5,9H2,1H3. The van der Waals surface area contributed by atoms with Crippen LogP contribution in [0, 0.1) is 0 Å². The molecule has 0 amide bonds. The van der Waals surface area contributed by atoms with Gasteiger partial charge in [0.05, 0.1) is 5.76 Å². The molecule has 0 saturated carbocycles. The summed E-state index contributed by atoms with van der Waals surface area (Å²) in [6.45, 7) is 2.17. The number of rotatable bonds is 2. The molecule has 0 aromatic carbocycles. The summed E-state index contributed by atoms with van der Waals surface area (Å²) in [6, 6.07) is 0. The number of hydrogen-bond donors (Lipinski definition) is 0. The summed E-state index contributed by atoms with van der Waals surface area (Å²) >= 11 is 0. The molecule has 0 spiro atoms. The SMILES string of the molecule is CCCC1=CCC(P)O1. The third kappa shape index (κ3) is 1.98. The third-order valence-corrected chi connectivity index (χ3v) is 1.79. The van der Waals surface area contributed by atoms with Crippen molar-refractivity contribution in [3.05, 3.63) is 11.8 Å². The van der Waals surface area contributed by atoms with E-state index < -0.39 is 0 Å². The molecule has 1 aliphatic rings. The first-order valence-electron chi connectivity index (χ1n) is 3.44. The van der Waals surface area contributed by atoms with Gasteiger partial charge in [0.25, 0.3) is 0 Å². The van der Waals surface area contributed by atoms with Gasteiger partial charge in [-0.3, -0.25) is 0 Å². The lowest BCUT2D eigenvalue weighted by Crippen LogP contribution is -1.93. The predicted octanol–water partition coefficient (Wildman–Crippen LogP) is 2.29. The summed E-state index contributed by atoms with van der Waals surface area (Å²) in [5, 5.41) is 0. The van der Waals surface area contributed by atoms with E-state index in [1.165, 1.54) is 12.2 Å². The molecule has 0 aromatic rings. The maximum Gasteiger partial charge on any atom is 0.114 e. The highest BCUT2D eigenvalue weighted by Gasteiger charge is 2.10. The molecule has 1 rings (SSSR count). The number of ether oxygens (including phenoxy) is 1. The lowest BCUT2D eigenvalue weighted by molar-refractivity contribution is 0.206. The predicted molar refractivity (Wildman–Crippen MR) is 42.2 cm³/mol. The van der Waals surface area contributed by atoms with Crippen LogP contribution in [0.4, 0.5) is 0 Å². The molecular formula is C7H13OP. The van der Waals surface area contributed by atoms with Crippen LogP contribution in [0.3, 0.4) is 0 Å². The molecule has 0 saturated heterocycles. The molecule has 0 bridgehead atoms. The Kier molecular flexibility index (Phi) is 2.53. The summed E-state index contributed by atoms with van der Waals surface area (Å²) in [5.41, 5.74) is 0. The molecular weight excluding hydrogens is 131 g/mol. The van der Waals surface area contributed by atoms with Crippen molar-refractivity contribution in [3.8, 4) is 0 Å². The lowest BCUT2D eigenvalue weighted by atomic mass is 10.3. The van der Waals surface area contributed by atoms with Crippen LogP contribution in [-0.4, -0.2) is 5.85 Å². The van der Waals surface area contributed by atoms with Crippen molar-refractivity contribution in [2.45, 2.75) is 32.0 Å². The van der Waals surface area contributed by atoms with Crippen LogP contribution in [0.5, 0.6) is 0 Å². The first-order chi connectivity index (χ1) is 4.33. The highest BCUT2D eigenvalue weighted by molar-refractivity contribution is 7.17. The van der Waals surface area contributed by atoms with E-state index in [-0.39, 0.29) is 0 Å². The van der Waals surface area contributed by atoms with Crippen molar-refractivity contribution >= 4 is 9.24 Å². The average Bonchev–Trinajstić information content (AvgIpc) is 2.17. The van der Waals surface area contributed by atoms with Crippen LogP contribution < -0.4 is 0 Å².